The average molecular weight is 531 g/mol. The summed E-state index contributed by atoms with van der Waals surface area (Å²) >= 11 is 0. The van der Waals surface area contributed by atoms with Gasteiger partial charge in [-0.15, -0.1) is 0 Å². The van der Waals surface area contributed by atoms with Crippen LogP contribution in [0.2, 0.25) is 0 Å². The van der Waals surface area contributed by atoms with E-state index < -0.39 is 22.9 Å². The van der Waals surface area contributed by atoms with Crippen molar-refractivity contribution in [3.63, 3.8) is 0 Å². The second kappa shape index (κ2) is 10.2. The molecule has 9 heteroatoms. The average Bonchev–Trinajstić information content (AvgIpc) is 3.42. The predicted molar refractivity (Wildman–Crippen MR) is 135 cm³/mol. The fraction of sp³-hybridized carbons (Fsp3) is 0.517. The topological polar surface area (TPSA) is 67.9 Å². The van der Waals surface area contributed by atoms with E-state index in [9.17, 15) is 22.8 Å². The zero-order valence-corrected chi connectivity index (χ0v) is 21.4. The lowest BCUT2D eigenvalue weighted by Gasteiger charge is -2.50. The molecule has 0 radical (unpaired) electrons. The van der Waals surface area contributed by atoms with Gasteiger partial charge in [-0.25, -0.2) is 0 Å². The Morgan fingerprint density at radius 3 is 2.42 bits per heavy atom. The van der Waals surface area contributed by atoms with Gasteiger partial charge in [0.2, 0.25) is 11.8 Å². The molecule has 204 valence electrons. The number of carbonyl (C=O) groups excluding carboxylic acids is 2. The van der Waals surface area contributed by atoms with Crippen molar-refractivity contribution in [1.29, 1.82) is 0 Å². The van der Waals surface area contributed by atoms with Crippen LogP contribution < -0.4 is 10.1 Å². The van der Waals surface area contributed by atoms with Crippen LogP contribution in [0.25, 0.3) is 0 Å². The molecule has 0 saturated carbocycles. The quantitative estimate of drug-likeness (QED) is 0.614. The summed E-state index contributed by atoms with van der Waals surface area (Å²) in [5, 5.41) is 2.97. The Balaban J connectivity index is 1.40. The largest absolute Gasteiger partial charge is 0.488 e. The van der Waals surface area contributed by atoms with Crippen LogP contribution in [-0.4, -0.2) is 61.8 Å². The van der Waals surface area contributed by atoms with Gasteiger partial charge < -0.3 is 19.7 Å². The third kappa shape index (κ3) is 4.77. The van der Waals surface area contributed by atoms with Gasteiger partial charge in [0, 0.05) is 38.4 Å². The molecular weight excluding hydrogens is 497 g/mol. The number of ether oxygens (including phenoxy) is 2. The molecule has 2 aromatic rings. The Morgan fingerprint density at radius 1 is 1.08 bits per heavy atom. The number of nitrogens with one attached hydrogen (secondary N) is 1. The van der Waals surface area contributed by atoms with E-state index in [1.165, 1.54) is 29.2 Å². The van der Waals surface area contributed by atoms with Crippen LogP contribution >= 0.6 is 0 Å². The van der Waals surface area contributed by atoms with E-state index in [0.717, 1.165) is 24.7 Å². The van der Waals surface area contributed by atoms with Gasteiger partial charge in [-0.2, -0.15) is 13.2 Å². The van der Waals surface area contributed by atoms with E-state index in [1.54, 1.807) is 6.07 Å². The van der Waals surface area contributed by atoms with Crippen LogP contribution in [0.15, 0.2) is 54.6 Å². The van der Waals surface area contributed by atoms with Crippen molar-refractivity contribution in [1.82, 2.24) is 10.2 Å². The summed E-state index contributed by atoms with van der Waals surface area (Å²) < 4.78 is 54.8. The summed E-state index contributed by atoms with van der Waals surface area (Å²) in [6.07, 6.45) is -2.87. The van der Waals surface area contributed by atoms with Crippen LogP contribution in [0.4, 0.5) is 13.2 Å². The first-order chi connectivity index (χ1) is 18.1. The molecule has 3 aliphatic rings. The van der Waals surface area contributed by atoms with Gasteiger partial charge in [0.15, 0.2) is 5.41 Å². The second-order valence-corrected chi connectivity index (χ2v) is 10.8. The molecule has 6 nitrogen and oxygen atoms in total. The molecule has 5 rings (SSSR count). The first kappa shape index (κ1) is 26.5. The maximum atomic E-state index is 14.4. The Hall–Kier alpha value is -3.07. The van der Waals surface area contributed by atoms with Gasteiger partial charge in [0.05, 0.1) is 13.2 Å². The van der Waals surface area contributed by atoms with Crippen molar-refractivity contribution >= 4 is 11.8 Å². The summed E-state index contributed by atoms with van der Waals surface area (Å²) in [5.41, 5.74) is -2.23. The Morgan fingerprint density at radius 2 is 1.76 bits per heavy atom. The van der Waals surface area contributed by atoms with Crippen molar-refractivity contribution in [2.24, 2.45) is 5.41 Å². The maximum Gasteiger partial charge on any atom is 0.406 e. The van der Waals surface area contributed by atoms with E-state index in [1.807, 2.05) is 24.3 Å². The summed E-state index contributed by atoms with van der Waals surface area (Å²) in [4.78, 5) is 27.4. The molecule has 1 spiro atoms. The highest BCUT2D eigenvalue weighted by molar-refractivity contribution is 5.89. The number of likely N-dealkylation sites (tertiary alicyclic amines) is 1. The minimum Gasteiger partial charge on any atom is -0.488 e. The second-order valence-electron chi connectivity index (χ2n) is 10.8. The summed E-state index contributed by atoms with van der Waals surface area (Å²) in [6, 6.07) is 15.1. The fourth-order valence-electron chi connectivity index (χ4n) is 6.22. The number of para-hydroxylation sites is 1. The molecule has 0 bridgehead atoms. The number of hydrogen-bond donors (Lipinski definition) is 1. The minimum absolute atomic E-state index is 0.0391. The molecule has 0 aliphatic carbocycles. The molecule has 1 N–H and O–H groups in total. The standard InChI is InChI=1S/C29H33F3N2O4/c1-27(29(30,31)32,20-7-3-2-4-8-20)26(36)34-14-12-28(13-15-34)17-25(35)33-18-23(28)22-9-5-6-10-24(22)38-21-11-16-37-19-21/h2-10,21,23H,11-19H2,1H3,(H,33,35)/t21?,23?,27-/m0/s1. The fourth-order valence-corrected chi connectivity index (χ4v) is 6.22. The third-order valence-electron chi connectivity index (χ3n) is 8.62. The van der Waals surface area contributed by atoms with Crippen molar-refractivity contribution in [2.45, 2.75) is 56.2 Å². The molecule has 3 atom stereocenters. The SMILES string of the molecule is C[C@@](C(=O)N1CCC2(CC1)CC(=O)NCC2c1ccccc1OC1CCOC1)(c1ccccc1)C(F)(F)F. The number of carbonyl (C=O) groups is 2. The summed E-state index contributed by atoms with van der Waals surface area (Å²) in [7, 11) is 0. The monoisotopic (exact) mass is 530 g/mol. The number of piperidine rings is 2. The van der Waals surface area contributed by atoms with Crippen LogP contribution in [0.3, 0.4) is 0 Å². The number of halogens is 3. The highest BCUT2D eigenvalue weighted by atomic mass is 19.4. The third-order valence-corrected chi connectivity index (χ3v) is 8.62. The van der Waals surface area contributed by atoms with Gasteiger partial charge in [-0.1, -0.05) is 48.5 Å². The van der Waals surface area contributed by atoms with Crippen LogP contribution in [0.5, 0.6) is 5.75 Å². The van der Waals surface area contributed by atoms with Crippen molar-refractivity contribution in [3.05, 3.63) is 65.7 Å². The molecule has 3 fully saturated rings. The minimum atomic E-state index is -4.76. The molecular formula is C29H33F3N2O4. The molecule has 0 aromatic heterocycles. The van der Waals surface area contributed by atoms with Gasteiger partial charge in [0.25, 0.3) is 0 Å². The van der Waals surface area contributed by atoms with Gasteiger partial charge in [0.1, 0.15) is 11.9 Å². The molecule has 3 heterocycles. The first-order valence-corrected chi connectivity index (χ1v) is 13.2. The lowest BCUT2D eigenvalue weighted by molar-refractivity contribution is -0.198. The van der Waals surface area contributed by atoms with E-state index in [4.69, 9.17) is 9.47 Å². The zero-order valence-electron chi connectivity index (χ0n) is 21.4. The smallest absolute Gasteiger partial charge is 0.406 e. The van der Waals surface area contributed by atoms with Crippen molar-refractivity contribution in [2.75, 3.05) is 32.8 Å². The molecule has 2 amide bonds. The number of benzene rings is 2. The van der Waals surface area contributed by atoms with Crippen LogP contribution in [0, 0.1) is 5.41 Å². The number of hydrogen-bond acceptors (Lipinski definition) is 4. The van der Waals surface area contributed by atoms with Crippen molar-refractivity contribution < 1.29 is 32.2 Å². The Labute approximate surface area is 220 Å². The summed E-state index contributed by atoms with van der Waals surface area (Å²) in [5.74, 6) is -0.365. The summed E-state index contributed by atoms with van der Waals surface area (Å²) in [6.45, 7) is 2.86. The molecule has 3 aliphatic heterocycles. The normalized spacial score (nSPS) is 25.1. The molecule has 2 unspecified atom stereocenters. The van der Waals surface area contributed by atoms with Crippen LogP contribution in [-0.2, 0) is 19.7 Å². The van der Waals surface area contributed by atoms with Gasteiger partial charge >= 0.3 is 6.18 Å². The van der Waals surface area contributed by atoms with Crippen molar-refractivity contribution in [3.8, 4) is 5.75 Å². The van der Waals surface area contributed by atoms with Gasteiger partial charge in [-0.3, -0.25) is 9.59 Å². The van der Waals surface area contributed by atoms with E-state index >= 15 is 0 Å². The first-order valence-electron chi connectivity index (χ1n) is 13.2. The number of alkyl halides is 3. The lowest BCUT2D eigenvalue weighted by Crippen LogP contribution is -2.58. The molecule has 3 saturated heterocycles. The van der Waals surface area contributed by atoms with E-state index in [0.29, 0.717) is 32.6 Å². The van der Waals surface area contributed by atoms with Gasteiger partial charge in [-0.05, 0) is 42.4 Å². The zero-order chi connectivity index (χ0) is 27.0. The number of rotatable bonds is 5. The molecule has 2 aromatic carbocycles. The predicted octanol–water partition coefficient (Wildman–Crippen LogP) is 4.59. The lowest BCUT2D eigenvalue weighted by atomic mass is 9.62. The van der Waals surface area contributed by atoms with E-state index in [-0.39, 0.29) is 43.0 Å². The van der Waals surface area contributed by atoms with Crippen LogP contribution in [0.1, 0.15) is 49.7 Å². The number of amides is 2. The highest BCUT2D eigenvalue weighted by Crippen LogP contribution is 2.52. The highest BCUT2D eigenvalue weighted by Gasteiger charge is 2.60. The number of nitrogens with zero attached hydrogens (tertiary/aromatic N) is 1. The Kier molecular flexibility index (Phi) is 7.15. The Bertz CT molecular complexity index is 1160. The molecule has 38 heavy (non-hydrogen) atoms. The maximum absolute atomic E-state index is 14.4. The van der Waals surface area contributed by atoms with E-state index in [2.05, 4.69) is 5.32 Å².